The number of nitrogens with zero attached hydrogens (tertiary/aromatic N) is 2. The molecule has 1 saturated carbocycles. The molecule has 3 saturated heterocycles. The van der Waals surface area contributed by atoms with Crippen LogP contribution in [0.5, 0.6) is 0 Å². The molecule has 1 N–H and O–H groups in total. The van der Waals surface area contributed by atoms with Crippen LogP contribution in [0.3, 0.4) is 0 Å². The zero-order chi connectivity index (χ0) is 18.9. The first-order chi connectivity index (χ1) is 13.8. The minimum Gasteiger partial charge on any atom is -0.444 e. The molecule has 1 amide bonds. The maximum Gasteiger partial charge on any atom is 0.407 e. The molecular weight excluding hydrogens is 350 g/mol. The van der Waals surface area contributed by atoms with Crippen molar-refractivity contribution in [1.82, 2.24) is 15.2 Å². The van der Waals surface area contributed by atoms with E-state index in [0.717, 1.165) is 38.8 Å². The van der Waals surface area contributed by atoms with E-state index in [2.05, 4.69) is 45.5 Å². The molecule has 0 radical (unpaired) electrons. The minimum absolute atomic E-state index is 0.0309. The first-order valence-corrected chi connectivity index (χ1v) is 10.4. The molecule has 1 aliphatic carbocycles. The summed E-state index contributed by atoms with van der Waals surface area (Å²) in [6.07, 6.45) is 7.58. The lowest BCUT2D eigenvalue weighted by molar-refractivity contribution is -0.0772. The summed E-state index contributed by atoms with van der Waals surface area (Å²) in [7, 11) is 0. The van der Waals surface area contributed by atoms with E-state index in [4.69, 9.17) is 4.74 Å². The normalized spacial score (nSPS) is 33.3. The fourth-order valence-corrected chi connectivity index (χ4v) is 5.01. The molecule has 5 heteroatoms. The Kier molecular flexibility index (Phi) is 4.77. The van der Waals surface area contributed by atoms with Crippen LogP contribution >= 0.6 is 0 Å². The number of aromatic nitrogens is 1. The number of ether oxygens (including phenoxy) is 1. The van der Waals surface area contributed by atoms with Gasteiger partial charge in [0.1, 0.15) is 6.10 Å². The fraction of sp³-hybridized carbons (Fsp3) is 0.478. The number of hydrogen-bond donors (Lipinski definition) is 1. The first-order valence-electron chi connectivity index (χ1n) is 10.4. The predicted molar refractivity (Wildman–Crippen MR) is 107 cm³/mol. The Hall–Kier alpha value is -2.40. The van der Waals surface area contributed by atoms with Gasteiger partial charge in [0, 0.05) is 30.3 Å². The summed E-state index contributed by atoms with van der Waals surface area (Å²) in [5, 5.41) is 3.10. The van der Waals surface area contributed by atoms with E-state index < -0.39 is 0 Å². The Morgan fingerprint density at radius 3 is 2.71 bits per heavy atom. The molecule has 6 rings (SSSR count). The number of pyridine rings is 1. The number of benzene rings is 1. The number of carbonyl (C=O) groups excluding carboxylic acids is 1. The van der Waals surface area contributed by atoms with Crippen molar-refractivity contribution in [3.05, 3.63) is 66.0 Å². The van der Waals surface area contributed by atoms with Gasteiger partial charge in [-0.3, -0.25) is 9.88 Å². The number of fused-ring (bicyclic) bond motifs is 3. The van der Waals surface area contributed by atoms with Crippen LogP contribution in [-0.2, 0) is 11.2 Å². The standard InChI is InChI=1S/C23H27N3O2/c27-23(25-20-14-19(20)17-6-2-1-3-7-17)28-22-18-8-11-26(12-9-18)21(22)13-16-5-4-10-24-15-16/h1-7,10,15,18-22H,8-9,11-14H2,(H,25,27)/t19?,20?,21-,22-/m1/s1. The molecule has 4 aliphatic rings. The van der Waals surface area contributed by atoms with E-state index in [-0.39, 0.29) is 24.3 Å². The molecule has 3 aliphatic heterocycles. The smallest absolute Gasteiger partial charge is 0.407 e. The molecule has 1 aromatic heterocycles. The second-order valence-corrected chi connectivity index (χ2v) is 8.38. The number of carbonyl (C=O) groups is 1. The molecule has 2 unspecified atom stereocenters. The van der Waals surface area contributed by atoms with Gasteiger partial charge >= 0.3 is 6.09 Å². The Bertz CT molecular complexity index is 805. The molecule has 4 atom stereocenters. The second kappa shape index (κ2) is 7.55. The summed E-state index contributed by atoms with van der Waals surface area (Å²) in [6, 6.07) is 15.0. The van der Waals surface area contributed by atoms with Crippen molar-refractivity contribution in [3.8, 4) is 0 Å². The lowest BCUT2D eigenvalue weighted by Crippen LogP contribution is -2.60. The van der Waals surface area contributed by atoms with Crippen molar-refractivity contribution >= 4 is 6.09 Å². The van der Waals surface area contributed by atoms with Gasteiger partial charge in [-0.05, 0) is 56.0 Å². The summed E-state index contributed by atoms with van der Waals surface area (Å²) in [6.45, 7) is 2.21. The Morgan fingerprint density at radius 2 is 1.96 bits per heavy atom. The third kappa shape index (κ3) is 3.63. The lowest BCUT2D eigenvalue weighted by Gasteiger charge is -2.50. The van der Waals surface area contributed by atoms with Crippen molar-refractivity contribution in [1.29, 1.82) is 0 Å². The van der Waals surface area contributed by atoms with Gasteiger partial charge in [0.2, 0.25) is 0 Å². The summed E-state index contributed by atoms with van der Waals surface area (Å²) >= 11 is 0. The maximum absolute atomic E-state index is 12.6. The van der Waals surface area contributed by atoms with Crippen LogP contribution in [0.1, 0.15) is 36.3 Å². The van der Waals surface area contributed by atoms with Gasteiger partial charge in [0.15, 0.2) is 0 Å². The van der Waals surface area contributed by atoms with Gasteiger partial charge in [-0.1, -0.05) is 36.4 Å². The molecule has 4 fully saturated rings. The minimum atomic E-state index is -0.252. The largest absolute Gasteiger partial charge is 0.444 e. The quantitative estimate of drug-likeness (QED) is 0.868. The SMILES string of the molecule is O=C(NC1CC1c1ccccc1)O[C@@H]1C2CCN(CC2)[C@@H]1Cc1cccnc1. The van der Waals surface area contributed by atoms with Gasteiger partial charge in [-0.2, -0.15) is 0 Å². The van der Waals surface area contributed by atoms with Gasteiger partial charge < -0.3 is 10.1 Å². The number of alkyl carbamates (subject to hydrolysis) is 1. The zero-order valence-corrected chi connectivity index (χ0v) is 16.0. The van der Waals surface area contributed by atoms with Crippen molar-refractivity contribution in [2.45, 2.75) is 49.8 Å². The number of nitrogens with one attached hydrogen (secondary N) is 1. The molecule has 4 heterocycles. The monoisotopic (exact) mass is 377 g/mol. The van der Waals surface area contributed by atoms with Crippen LogP contribution in [0.2, 0.25) is 0 Å². The number of hydrogen-bond acceptors (Lipinski definition) is 4. The number of amides is 1. The van der Waals surface area contributed by atoms with Crippen LogP contribution in [-0.4, -0.2) is 47.3 Å². The zero-order valence-electron chi connectivity index (χ0n) is 16.0. The van der Waals surface area contributed by atoms with E-state index in [1.807, 2.05) is 18.3 Å². The third-order valence-corrected chi connectivity index (χ3v) is 6.62. The first kappa shape index (κ1) is 17.7. The molecule has 28 heavy (non-hydrogen) atoms. The van der Waals surface area contributed by atoms with Gasteiger partial charge in [0.25, 0.3) is 0 Å². The van der Waals surface area contributed by atoms with E-state index >= 15 is 0 Å². The summed E-state index contributed by atoms with van der Waals surface area (Å²) in [4.78, 5) is 19.4. The van der Waals surface area contributed by atoms with Crippen LogP contribution in [0.25, 0.3) is 0 Å². The highest BCUT2D eigenvalue weighted by molar-refractivity contribution is 5.69. The average Bonchev–Trinajstić information content (AvgIpc) is 3.51. The summed E-state index contributed by atoms with van der Waals surface area (Å²) in [5.74, 6) is 0.896. The fourth-order valence-electron chi connectivity index (χ4n) is 5.01. The molecule has 146 valence electrons. The summed E-state index contributed by atoms with van der Waals surface area (Å²) in [5.41, 5.74) is 2.51. The van der Waals surface area contributed by atoms with Crippen molar-refractivity contribution in [3.63, 3.8) is 0 Å². The van der Waals surface area contributed by atoms with Crippen molar-refractivity contribution < 1.29 is 9.53 Å². The van der Waals surface area contributed by atoms with E-state index in [0.29, 0.717) is 11.8 Å². The maximum atomic E-state index is 12.6. The molecule has 0 spiro atoms. The van der Waals surface area contributed by atoms with Crippen LogP contribution in [0, 0.1) is 5.92 Å². The highest BCUT2D eigenvalue weighted by Crippen LogP contribution is 2.41. The predicted octanol–water partition coefficient (Wildman–Crippen LogP) is 3.37. The van der Waals surface area contributed by atoms with Crippen molar-refractivity contribution in [2.24, 2.45) is 5.92 Å². The topological polar surface area (TPSA) is 54.5 Å². The van der Waals surface area contributed by atoms with E-state index in [1.54, 1.807) is 6.20 Å². The van der Waals surface area contributed by atoms with Crippen LogP contribution in [0.15, 0.2) is 54.9 Å². The third-order valence-electron chi connectivity index (χ3n) is 6.62. The van der Waals surface area contributed by atoms with Gasteiger partial charge in [0.05, 0.1) is 6.04 Å². The van der Waals surface area contributed by atoms with Gasteiger partial charge in [-0.25, -0.2) is 4.79 Å². The van der Waals surface area contributed by atoms with Crippen LogP contribution in [0.4, 0.5) is 4.79 Å². The molecule has 2 aromatic rings. The average molecular weight is 377 g/mol. The summed E-state index contributed by atoms with van der Waals surface area (Å²) < 4.78 is 6.03. The second-order valence-electron chi connectivity index (χ2n) is 8.38. The van der Waals surface area contributed by atoms with E-state index in [9.17, 15) is 4.79 Å². The molecule has 5 nitrogen and oxygen atoms in total. The number of rotatable bonds is 5. The number of piperidine rings is 3. The van der Waals surface area contributed by atoms with E-state index in [1.165, 1.54) is 11.1 Å². The molecular formula is C23H27N3O2. The molecule has 2 bridgehead atoms. The van der Waals surface area contributed by atoms with Crippen molar-refractivity contribution in [2.75, 3.05) is 13.1 Å². The highest BCUT2D eigenvalue weighted by Gasteiger charge is 2.45. The van der Waals surface area contributed by atoms with Crippen LogP contribution < -0.4 is 5.32 Å². The highest BCUT2D eigenvalue weighted by atomic mass is 16.6. The Morgan fingerprint density at radius 1 is 1.14 bits per heavy atom. The lowest BCUT2D eigenvalue weighted by atomic mass is 9.78. The Balaban J connectivity index is 1.22. The Labute approximate surface area is 166 Å². The molecule has 1 aromatic carbocycles. The van der Waals surface area contributed by atoms with Gasteiger partial charge in [-0.15, -0.1) is 0 Å².